The molecule has 0 aliphatic carbocycles. The van der Waals surface area contributed by atoms with Crippen molar-refractivity contribution < 1.29 is 4.79 Å². The average Bonchev–Trinajstić information content (AvgIpc) is 2.24. The summed E-state index contributed by atoms with van der Waals surface area (Å²) in [6, 6.07) is 5.76. The minimum Gasteiger partial charge on any atom is -0.362 e. The van der Waals surface area contributed by atoms with Gasteiger partial charge in [0.25, 0.3) is 5.91 Å². The van der Waals surface area contributed by atoms with E-state index in [1.165, 1.54) is 0 Å². The highest BCUT2D eigenvalue weighted by Gasteiger charge is 2.27. The van der Waals surface area contributed by atoms with Crippen molar-refractivity contribution in [1.29, 1.82) is 0 Å². The summed E-state index contributed by atoms with van der Waals surface area (Å²) in [5, 5.41) is 3.12. The SMILES string of the molecule is O=C1NNC2C=CNc3cccc1c32. The summed E-state index contributed by atoms with van der Waals surface area (Å²) in [6.45, 7) is 0. The maximum atomic E-state index is 11.5. The Bertz CT molecular complexity index is 439. The van der Waals surface area contributed by atoms with E-state index in [0.717, 1.165) is 16.8 Å². The lowest BCUT2D eigenvalue weighted by Crippen LogP contribution is -2.45. The molecule has 1 unspecified atom stereocenters. The Morgan fingerprint density at radius 3 is 3.14 bits per heavy atom. The van der Waals surface area contributed by atoms with Gasteiger partial charge in [-0.05, 0) is 24.4 Å². The van der Waals surface area contributed by atoms with Crippen LogP contribution in [0.5, 0.6) is 0 Å². The van der Waals surface area contributed by atoms with Crippen LogP contribution in [0.3, 0.4) is 0 Å². The zero-order chi connectivity index (χ0) is 9.54. The molecule has 0 saturated heterocycles. The van der Waals surface area contributed by atoms with Gasteiger partial charge in [-0.1, -0.05) is 6.07 Å². The standard InChI is InChI=1S/C10H9N3O/c14-10-6-2-1-3-7-9(6)8(12-13-10)4-5-11-7/h1-5,8,11-12H,(H,13,14). The number of rotatable bonds is 0. The van der Waals surface area contributed by atoms with Crippen LogP contribution in [0.15, 0.2) is 30.5 Å². The Morgan fingerprint density at radius 2 is 2.21 bits per heavy atom. The molecule has 14 heavy (non-hydrogen) atoms. The van der Waals surface area contributed by atoms with Crippen LogP contribution in [-0.4, -0.2) is 5.91 Å². The highest BCUT2D eigenvalue weighted by Crippen LogP contribution is 2.32. The molecule has 1 amide bonds. The van der Waals surface area contributed by atoms with E-state index in [1.807, 2.05) is 30.5 Å². The zero-order valence-corrected chi connectivity index (χ0v) is 7.37. The van der Waals surface area contributed by atoms with Crippen molar-refractivity contribution in [3.63, 3.8) is 0 Å². The van der Waals surface area contributed by atoms with Crippen molar-refractivity contribution in [2.75, 3.05) is 5.32 Å². The molecule has 0 aromatic heterocycles. The van der Waals surface area contributed by atoms with Gasteiger partial charge in [0.05, 0.1) is 6.04 Å². The molecule has 1 aromatic carbocycles. The van der Waals surface area contributed by atoms with Gasteiger partial charge in [0, 0.05) is 16.8 Å². The molecule has 2 aliphatic heterocycles. The Hall–Kier alpha value is -1.81. The fourth-order valence-electron chi connectivity index (χ4n) is 1.89. The topological polar surface area (TPSA) is 53.2 Å². The first-order valence-corrected chi connectivity index (χ1v) is 4.48. The maximum Gasteiger partial charge on any atom is 0.265 e. The van der Waals surface area contributed by atoms with E-state index in [-0.39, 0.29) is 11.9 Å². The summed E-state index contributed by atoms with van der Waals surface area (Å²) >= 11 is 0. The van der Waals surface area contributed by atoms with Gasteiger partial charge in [0.2, 0.25) is 0 Å². The Morgan fingerprint density at radius 1 is 1.29 bits per heavy atom. The zero-order valence-electron chi connectivity index (χ0n) is 7.37. The molecule has 4 heteroatoms. The first kappa shape index (κ1) is 7.58. The summed E-state index contributed by atoms with van der Waals surface area (Å²) in [4.78, 5) is 11.5. The van der Waals surface area contributed by atoms with Crippen molar-refractivity contribution in [1.82, 2.24) is 10.9 Å². The molecule has 0 saturated carbocycles. The van der Waals surface area contributed by atoms with Crippen LogP contribution in [0.25, 0.3) is 0 Å². The Kier molecular flexibility index (Phi) is 1.40. The van der Waals surface area contributed by atoms with Crippen LogP contribution in [0.1, 0.15) is 22.0 Å². The minimum atomic E-state index is -0.0739. The van der Waals surface area contributed by atoms with Gasteiger partial charge in [-0.2, -0.15) is 0 Å². The number of hydrogen-bond acceptors (Lipinski definition) is 3. The maximum absolute atomic E-state index is 11.5. The van der Waals surface area contributed by atoms with Crippen molar-refractivity contribution in [2.24, 2.45) is 0 Å². The lowest BCUT2D eigenvalue weighted by Gasteiger charge is -2.29. The molecule has 0 bridgehead atoms. The van der Waals surface area contributed by atoms with E-state index in [9.17, 15) is 4.79 Å². The number of benzene rings is 1. The number of amides is 1. The Labute approximate surface area is 81.0 Å². The van der Waals surface area contributed by atoms with Gasteiger partial charge in [-0.15, -0.1) is 0 Å². The summed E-state index contributed by atoms with van der Waals surface area (Å²) in [5.74, 6) is -0.0739. The summed E-state index contributed by atoms with van der Waals surface area (Å²) in [5.41, 5.74) is 8.34. The molecule has 70 valence electrons. The third-order valence-corrected chi connectivity index (χ3v) is 2.53. The van der Waals surface area contributed by atoms with E-state index in [0.29, 0.717) is 0 Å². The summed E-state index contributed by atoms with van der Waals surface area (Å²) < 4.78 is 0. The molecule has 4 nitrogen and oxygen atoms in total. The van der Waals surface area contributed by atoms with Crippen molar-refractivity contribution in [3.05, 3.63) is 41.6 Å². The third kappa shape index (κ3) is 0.885. The summed E-state index contributed by atoms with van der Waals surface area (Å²) in [6.07, 6.45) is 3.85. The second kappa shape index (κ2) is 2.59. The van der Waals surface area contributed by atoms with E-state index in [4.69, 9.17) is 0 Å². The predicted molar refractivity (Wildman–Crippen MR) is 52.5 cm³/mol. The molecular formula is C10H9N3O. The fourth-order valence-corrected chi connectivity index (χ4v) is 1.89. The van der Waals surface area contributed by atoms with Crippen molar-refractivity contribution in [2.45, 2.75) is 6.04 Å². The number of carbonyl (C=O) groups excluding carboxylic acids is 1. The van der Waals surface area contributed by atoms with E-state index < -0.39 is 0 Å². The average molecular weight is 187 g/mol. The number of hydrazine groups is 1. The number of anilines is 1. The first-order valence-electron chi connectivity index (χ1n) is 4.48. The molecule has 0 radical (unpaired) electrons. The van der Waals surface area contributed by atoms with Crippen LogP contribution in [0, 0.1) is 0 Å². The second-order valence-corrected chi connectivity index (χ2v) is 3.35. The Balaban J connectivity index is 2.27. The molecule has 3 rings (SSSR count). The lowest BCUT2D eigenvalue weighted by molar-refractivity contribution is 0.0914. The molecule has 1 aromatic rings. The van der Waals surface area contributed by atoms with Crippen molar-refractivity contribution >= 4 is 11.6 Å². The van der Waals surface area contributed by atoms with Gasteiger partial charge in [0.1, 0.15) is 0 Å². The third-order valence-electron chi connectivity index (χ3n) is 2.53. The van der Waals surface area contributed by atoms with Crippen LogP contribution < -0.4 is 16.2 Å². The smallest absolute Gasteiger partial charge is 0.265 e. The van der Waals surface area contributed by atoms with Gasteiger partial charge in [-0.25, -0.2) is 5.43 Å². The van der Waals surface area contributed by atoms with E-state index in [1.54, 1.807) is 0 Å². The van der Waals surface area contributed by atoms with Gasteiger partial charge < -0.3 is 5.32 Å². The molecule has 3 N–H and O–H groups in total. The quantitative estimate of drug-likeness (QED) is 0.566. The molecular weight excluding hydrogens is 178 g/mol. The van der Waals surface area contributed by atoms with E-state index >= 15 is 0 Å². The molecule has 0 fully saturated rings. The normalized spacial score (nSPS) is 22.3. The molecule has 1 atom stereocenters. The molecule has 2 heterocycles. The highest BCUT2D eigenvalue weighted by atomic mass is 16.2. The number of hydrogen-bond donors (Lipinski definition) is 3. The largest absolute Gasteiger partial charge is 0.362 e. The van der Waals surface area contributed by atoms with Gasteiger partial charge in [-0.3, -0.25) is 10.2 Å². The van der Waals surface area contributed by atoms with Crippen LogP contribution in [0.4, 0.5) is 5.69 Å². The number of nitrogens with one attached hydrogen (secondary N) is 3. The number of carbonyl (C=O) groups is 1. The van der Waals surface area contributed by atoms with E-state index in [2.05, 4.69) is 16.2 Å². The minimum absolute atomic E-state index is 0.0739. The lowest BCUT2D eigenvalue weighted by atomic mass is 9.94. The van der Waals surface area contributed by atoms with Crippen LogP contribution >= 0.6 is 0 Å². The van der Waals surface area contributed by atoms with Crippen LogP contribution in [0.2, 0.25) is 0 Å². The van der Waals surface area contributed by atoms with Crippen LogP contribution in [-0.2, 0) is 0 Å². The monoisotopic (exact) mass is 187 g/mol. The fraction of sp³-hybridized carbons (Fsp3) is 0.100. The molecule has 2 aliphatic rings. The summed E-state index contributed by atoms with van der Waals surface area (Å²) in [7, 11) is 0. The highest BCUT2D eigenvalue weighted by molar-refractivity contribution is 5.98. The first-order chi connectivity index (χ1) is 6.86. The second-order valence-electron chi connectivity index (χ2n) is 3.35. The molecule has 0 spiro atoms. The van der Waals surface area contributed by atoms with Crippen molar-refractivity contribution in [3.8, 4) is 0 Å². The predicted octanol–water partition coefficient (Wildman–Crippen LogP) is 0.915. The van der Waals surface area contributed by atoms with Gasteiger partial charge in [0.15, 0.2) is 0 Å². The van der Waals surface area contributed by atoms with Gasteiger partial charge >= 0.3 is 0 Å².